The Labute approximate surface area is 106 Å². The molecule has 2 N–H and O–H groups in total. The van der Waals surface area contributed by atoms with Crippen LogP contribution in [-0.4, -0.2) is 28.4 Å². The Morgan fingerprint density at radius 3 is 2.65 bits per heavy atom. The normalized spacial score (nSPS) is 15.3. The molecule has 1 saturated carbocycles. The van der Waals surface area contributed by atoms with Crippen LogP contribution in [0, 0.1) is 12.8 Å². The topological polar surface area (TPSA) is 59.2 Å². The van der Waals surface area contributed by atoms with Gasteiger partial charge in [0.15, 0.2) is 5.13 Å². The number of carbonyl (C=O) groups is 1. The summed E-state index contributed by atoms with van der Waals surface area (Å²) < 4.78 is 0. The predicted octanol–water partition coefficient (Wildman–Crippen LogP) is 2.29. The summed E-state index contributed by atoms with van der Waals surface area (Å²) in [5.41, 5.74) is 6.39. The SMILES string of the molecule is Cc1nc(N)sc1C(=O)N(CC1CC1)C(C)C. The predicted molar refractivity (Wildman–Crippen MR) is 70.2 cm³/mol. The number of hydrogen-bond acceptors (Lipinski definition) is 4. The lowest BCUT2D eigenvalue weighted by atomic mass is 10.2. The number of aromatic nitrogens is 1. The first-order valence-electron chi connectivity index (χ1n) is 6.03. The Balaban J connectivity index is 2.17. The van der Waals surface area contributed by atoms with Crippen molar-refractivity contribution >= 4 is 22.4 Å². The molecule has 1 aromatic rings. The number of nitrogens with two attached hydrogens (primary N) is 1. The number of amides is 1. The molecule has 1 amide bonds. The van der Waals surface area contributed by atoms with E-state index in [1.165, 1.54) is 24.2 Å². The third-order valence-electron chi connectivity index (χ3n) is 3.04. The van der Waals surface area contributed by atoms with Gasteiger partial charge in [-0.1, -0.05) is 11.3 Å². The van der Waals surface area contributed by atoms with Crippen molar-refractivity contribution in [3.63, 3.8) is 0 Å². The first kappa shape index (κ1) is 12.4. The van der Waals surface area contributed by atoms with E-state index in [1.807, 2.05) is 11.8 Å². The minimum Gasteiger partial charge on any atom is -0.375 e. The average Bonchev–Trinajstić information content (AvgIpc) is 2.99. The number of rotatable bonds is 4. The Hall–Kier alpha value is -1.10. The van der Waals surface area contributed by atoms with E-state index in [0.29, 0.717) is 15.9 Å². The smallest absolute Gasteiger partial charge is 0.266 e. The Morgan fingerprint density at radius 1 is 1.59 bits per heavy atom. The van der Waals surface area contributed by atoms with Crippen molar-refractivity contribution in [1.82, 2.24) is 9.88 Å². The zero-order valence-corrected chi connectivity index (χ0v) is 11.4. The van der Waals surface area contributed by atoms with Gasteiger partial charge < -0.3 is 10.6 Å². The molecule has 1 aromatic heterocycles. The molecule has 0 bridgehead atoms. The van der Waals surface area contributed by atoms with E-state index in [4.69, 9.17) is 5.73 Å². The molecule has 1 aliphatic carbocycles. The van der Waals surface area contributed by atoms with Crippen LogP contribution < -0.4 is 5.73 Å². The highest BCUT2D eigenvalue weighted by atomic mass is 32.1. The molecule has 0 radical (unpaired) electrons. The molecule has 94 valence electrons. The van der Waals surface area contributed by atoms with E-state index in [9.17, 15) is 4.79 Å². The van der Waals surface area contributed by atoms with E-state index in [2.05, 4.69) is 18.8 Å². The molecule has 0 atom stereocenters. The molecule has 0 unspecified atom stereocenters. The number of aryl methyl sites for hydroxylation is 1. The molecular formula is C12H19N3OS. The summed E-state index contributed by atoms with van der Waals surface area (Å²) in [6.45, 7) is 6.82. The Kier molecular flexibility index (Phi) is 3.38. The number of carbonyl (C=O) groups excluding carboxylic acids is 1. The molecule has 0 aromatic carbocycles. The van der Waals surface area contributed by atoms with Gasteiger partial charge in [0.05, 0.1) is 5.69 Å². The van der Waals surface area contributed by atoms with Crippen LogP contribution >= 0.6 is 11.3 Å². The first-order chi connectivity index (χ1) is 7.99. The number of hydrogen-bond donors (Lipinski definition) is 1. The third-order valence-corrected chi connectivity index (χ3v) is 4.02. The lowest BCUT2D eigenvalue weighted by Gasteiger charge is -2.26. The summed E-state index contributed by atoms with van der Waals surface area (Å²) >= 11 is 1.29. The van der Waals surface area contributed by atoms with Gasteiger partial charge in [0.25, 0.3) is 5.91 Å². The zero-order chi connectivity index (χ0) is 12.6. The van der Waals surface area contributed by atoms with Gasteiger partial charge in [0.1, 0.15) is 4.88 Å². The molecule has 5 heteroatoms. The summed E-state index contributed by atoms with van der Waals surface area (Å²) in [4.78, 5) is 19.2. The lowest BCUT2D eigenvalue weighted by Crippen LogP contribution is -2.38. The van der Waals surface area contributed by atoms with Gasteiger partial charge in [-0.3, -0.25) is 4.79 Å². The number of anilines is 1. The van der Waals surface area contributed by atoms with Crippen molar-refractivity contribution < 1.29 is 4.79 Å². The minimum absolute atomic E-state index is 0.0820. The second-order valence-electron chi connectivity index (χ2n) is 4.96. The quantitative estimate of drug-likeness (QED) is 0.895. The molecule has 2 rings (SSSR count). The highest BCUT2D eigenvalue weighted by Gasteiger charge is 2.30. The number of nitrogens with zero attached hydrogens (tertiary/aromatic N) is 2. The maximum Gasteiger partial charge on any atom is 0.266 e. The standard InChI is InChI=1S/C12H19N3OS/c1-7(2)15(6-9-4-5-9)11(16)10-8(3)14-12(13)17-10/h7,9H,4-6H2,1-3H3,(H2,13,14). The van der Waals surface area contributed by atoms with E-state index in [0.717, 1.165) is 12.2 Å². The van der Waals surface area contributed by atoms with Crippen LogP contribution in [0.5, 0.6) is 0 Å². The second-order valence-corrected chi connectivity index (χ2v) is 5.99. The van der Waals surface area contributed by atoms with Crippen molar-refractivity contribution in [2.45, 2.75) is 39.7 Å². The highest BCUT2D eigenvalue weighted by Crippen LogP contribution is 2.31. The van der Waals surface area contributed by atoms with E-state index < -0.39 is 0 Å². The second kappa shape index (κ2) is 4.64. The van der Waals surface area contributed by atoms with Crippen LogP contribution in [0.25, 0.3) is 0 Å². The fourth-order valence-corrected chi connectivity index (χ4v) is 2.64. The fraction of sp³-hybridized carbons (Fsp3) is 0.667. The summed E-state index contributed by atoms with van der Waals surface area (Å²) in [6.07, 6.45) is 2.50. The van der Waals surface area contributed by atoms with Gasteiger partial charge in [0, 0.05) is 12.6 Å². The molecule has 1 heterocycles. The highest BCUT2D eigenvalue weighted by molar-refractivity contribution is 7.17. The van der Waals surface area contributed by atoms with E-state index in [1.54, 1.807) is 0 Å². The van der Waals surface area contributed by atoms with Crippen molar-refractivity contribution in [3.8, 4) is 0 Å². The largest absolute Gasteiger partial charge is 0.375 e. The Morgan fingerprint density at radius 2 is 2.24 bits per heavy atom. The van der Waals surface area contributed by atoms with Gasteiger partial charge in [-0.2, -0.15) is 0 Å². The molecule has 4 nitrogen and oxygen atoms in total. The van der Waals surface area contributed by atoms with Crippen molar-refractivity contribution in [1.29, 1.82) is 0 Å². The van der Waals surface area contributed by atoms with Crippen molar-refractivity contribution in [2.75, 3.05) is 12.3 Å². The molecular weight excluding hydrogens is 234 g/mol. The van der Waals surface area contributed by atoms with Crippen LogP contribution in [0.2, 0.25) is 0 Å². The summed E-state index contributed by atoms with van der Waals surface area (Å²) in [6, 6.07) is 0.228. The van der Waals surface area contributed by atoms with E-state index in [-0.39, 0.29) is 11.9 Å². The van der Waals surface area contributed by atoms with Crippen LogP contribution in [0.4, 0.5) is 5.13 Å². The van der Waals surface area contributed by atoms with Gasteiger partial charge in [-0.05, 0) is 39.5 Å². The molecule has 1 aliphatic rings. The van der Waals surface area contributed by atoms with Crippen LogP contribution in [0.1, 0.15) is 42.1 Å². The molecule has 17 heavy (non-hydrogen) atoms. The first-order valence-corrected chi connectivity index (χ1v) is 6.84. The van der Waals surface area contributed by atoms with Gasteiger partial charge in [-0.15, -0.1) is 0 Å². The zero-order valence-electron chi connectivity index (χ0n) is 10.6. The van der Waals surface area contributed by atoms with Crippen molar-refractivity contribution in [3.05, 3.63) is 10.6 Å². The van der Waals surface area contributed by atoms with Crippen LogP contribution in [0.15, 0.2) is 0 Å². The summed E-state index contributed by atoms with van der Waals surface area (Å²) in [7, 11) is 0. The molecule has 0 spiro atoms. The molecule has 1 fully saturated rings. The summed E-state index contributed by atoms with van der Waals surface area (Å²) in [5, 5.41) is 0.473. The lowest BCUT2D eigenvalue weighted by molar-refractivity contribution is 0.0700. The number of nitrogen functional groups attached to an aromatic ring is 1. The van der Waals surface area contributed by atoms with Gasteiger partial charge >= 0.3 is 0 Å². The maximum atomic E-state index is 12.4. The van der Waals surface area contributed by atoms with Crippen LogP contribution in [-0.2, 0) is 0 Å². The summed E-state index contributed by atoms with van der Waals surface area (Å²) in [5.74, 6) is 0.783. The Bertz CT molecular complexity index is 423. The van der Waals surface area contributed by atoms with Gasteiger partial charge in [0.2, 0.25) is 0 Å². The third kappa shape index (κ3) is 2.77. The van der Waals surface area contributed by atoms with Crippen LogP contribution in [0.3, 0.4) is 0 Å². The average molecular weight is 253 g/mol. The monoisotopic (exact) mass is 253 g/mol. The fourth-order valence-electron chi connectivity index (χ4n) is 1.85. The van der Waals surface area contributed by atoms with Crippen molar-refractivity contribution in [2.24, 2.45) is 5.92 Å². The molecule has 0 saturated heterocycles. The molecule has 0 aliphatic heterocycles. The van der Waals surface area contributed by atoms with Gasteiger partial charge in [-0.25, -0.2) is 4.98 Å². The number of thiazole rings is 1. The maximum absolute atomic E-state index is 12.4. The van der Waals surface area contributed by atoms with E-state index >= 15 is 0 Å². The minimum atomic E-state index is 0.0820.